The molecule has 0 spiro atoms. The van der Waals surface area contributed by atoms with Gasteiger partial charge in [-0.25, -0.2) is 0 Å². The molecule has 3 nitrogen and oxygen atoms in total. The number of Topliss-reactive ketones (excluding diaryl/α,β-unsaturated/α-hetero) is 1. The monoisotopic (exact) mass is 264 g/mol. The Morgan fingerprint density at radius 2 is 1.84 bits per heavy atom. The maximum atomic E-state index is 10.2. The van der Waals surface area contributed by atoms with E-state index in [1.165, 1.54) is 0 Å². The molecule has 0 N–H and O–H groups in total. The highest BCUT2D eigenvalue weighted by Gasteiger charge is 2.02. The standard InChI is InChI=1S/C11H14O2.C5H10O/c1-4-5-9-6-7-10(12-2)8-11(9)13-3;1-3-5(6)4-2/h4,6-8H,1,5H2,2-3H3;3-4H2,1-2H3. The molecule has 0 aromatic heterocycles. The van der Waals surface area contributed by atoms with Gasteiger partial charge < -0.3 is 9.47 Å². The summed E-state index contributed by atoms with van der Waals surface area (Å²) in [5.74, 6) is 2.00. The minimum atomic E-state index is 0.343. The molecule has 0 saturated carbocycles. The number of benzene rings is 1. The van der Waals surface area contributed by atoms with Crippen LogP contribution >= 0.6 is 0 Å². The molecular formula is C16H24O3. The maximum absolute atomic E-state index is 10.2. The summed E-state index contributed by atoms with van der Waals surface area (Å²) in [6.07, 6.45) is 4.05. The van der Waals surface area contributed by atoms with Gasteiger partial charge in [0.05, 0.1) is 14.2 Å². The lowest BCUT2D eigenvalue weighted by molar-refractivity contribution is -0.118. The molecule has 0 amide bonds. The second-order valence-electron chi connectivity index (χ2n) is 3.92. The molecule has 0 unspecified atom stereocenters. The third kappa shape index (κ3) is 6.65. The van der Waals surface area contributed by atoms with Crippen LogP contribution in [0, 0.1) is 0 Å². The third-order valence-corrected chi connectivity index (χ3v) is 2.65. The summed E-state index contributed by atoms with van der Waals surface area (Å²) in [5, 5.41) is 0. The molecule has 106 valence electrons. The van der Waals surface area contributed by atoms with Crippen LogP contribution in [0.4, 0.5) is 0 Å². The van der Waals surface area contributed by atoms with Gasteiger partial charge in [0, 0.05) is 18.9 Å². The summed E-state index contributed by atoms with van der Waals surface area (Å²) < 4.78 is 10.3. The Bertz CT molecular complexity index is 391. The van der Waals surface area contributed by atoms with Crippen LogP contribution in [-0.2, 0) is 11.2 Å². The van der Waals surface area contributed by atoms with Crippen molar-refractivity contribution in [2.75, 3.05) is 14.2 Å². The van der Waals surface area contributed by atoms with Crippen molar-refractivity contribution in [2.24, 2.45) is 0 Å². The highest BCUT2D eigenvalue weighted by Crippen LogP contribution is 2.24. The van der Waals surface area contributed by atoms with Gasteiger partial charge in [0.15, 0.2) is 0 Å². The number of ether oxygens (including phenoxy) is 2. The average Bonchev–Trinajstić information content (AvgIpc) is 2.47. The summed E-state index contributed by atoms with van der Waals surface area (Å²) in [6.45, 7) is 7.45. The van der Waals surface area contributed by atoms with E-state index in [0.717, 1.165) is 23.5 Å². The zero-order valence-corrected chi connectivity index (χ0v) is 12.4. The quantitative estimate of drug-likeness (QED) is 0.733. The van der Waals surface area contributed by atoms with Crippen LogP contribution in [0.25, 0.3) is 0 Å². The Morgan fingerprint density at radius 1 is 1.21 bits per heavy atom. The number of rotatable bonds is 6. The van der Waals surface area contributed by atoms with E-state index in [1.54, 1.807) is 14.2 Å². The molecule has 0 atom stereocenters. The normalized spacial score (nSPS) is 9.05. The molecule has 0 bridgehead atoms. The number of methoxy groups -OCH3 is 2. The molecule has 0 radical (unpaired) electrons. The molecule has 0 fully saturated rings. The Morgan fingerprint density at radius 3 is 2.21 bits per heavy atom. The molecule has 0 aliphatic rings. The zero-order valence-electron chi connectivity index (χ0n) is 12.4. The van der Waals surface area contributed by atoms with Crippen molar-refractivity contribution >= 4 is 5.78 Å². The Balaban J connectivity index is 0.000000459. The van der Waals surface area contributed by atoms with Crippen molar-refractivity contribution in [3.8, 4) is 11.5 Å². The second kappa shape index (κ2) is 10.2. The van der Waals surface area contributed by atoms with E-state index in [4.69, 9.17) is 9.47 Å². The van der Waals surface area contributed by atoms with E-state index in [-0.39, 0.29) is 0 Å². The first-order valence-electron chi connectivity index (χ1n) is 6.46. The van der Waals surface area contributed by atoms with Crippen LogP contribution in [0.15, 0.2) is 30.9 Å². The molecular weight excluding hydrogens is 240 g/mol. The smallest absolute Gasteiger partial charge is 0.132 e. The fourth-order valence-electron chi connectivity index (χ4n) is 1.43. The molecule has 1 aromatic carbocycles. The van der Waals surface area contributed by atoms with Gasteiger partial charge >= 0.3 is 0 Å². The van der Waals surface area contributed by atoms with Crippen LogP contribution in [0.5, 0.6) is 11.5 Å². The predicted octanol–water partition coefficient (Wildman–Crippen LogP) is 3.81. The van der Waals surface area contributed by atoms with Crippen molar-refractivity contribution in [3.05, 3.63) is 36.4 Å². The lowest BCUT2D eigenvalue weighted by atomic mass is 10.1. The molecule has 1 aromatic rings. The maximum Gasteiger partial charge on any atom is 0.132 e. The highest BCUT2D eigenvalue weighted by molar-refractivity contribution is 5.77. The average molecular weight is 264 g/mol. The fraction of sp³-hybridized carbons (Fsp3) is 0.438. The fourth-order valence-corrected chi connectivity index (χ4v) is 1.43. The molecule has 3 heteroatoms. The van der Waals surface area contributed by atoms with Gasteiger partial charge in [-0.1, -0.05) is 26.0 Å². The lowest BCUT2D eigenvalue weighted by Gasteiger charge is -2.08. The van der Waals surface area contributed by atoms with E-state index in [1.807, 2.05) is 38.1 Å². The van der Waals surface area contributed by atoms with Crippen molar-refractivity contribution in [1.82, 2.24) is 0 Å². The van der Waals surface area contributed by atoms with Crippen LogP contribution in [0.2, 0.25) is 0 Å². The van der Waals surface area contributed by atoms with Gasteiger partial charge in [0.2, 0.25) is 0 Å². The zero-order chi connectivity index (χ0) is 14.7. The first kappa shape index (κ1) is 17.2. The molecule has 0 saturated heterocycles. The lowest BCUT2D eigenvalue weighted by Crippen LogP contribution is -1.92. The molecule has 0 heterocycles. The largest absolute Gasteiger partial charge is 0.497 e. The van der Waals surface area contributed by atoms with Crippen LogP contribution in [0.3, 0.4) is 0 Å². The van der Waals surface area contributed by atoms with Crippen molar-refractivity contribution in [1.29, 1.82) is 0 Å². The Kier molecular flexibility index (Phi) is 9.23. The van der Waals surface area contributed by atoms with Gasteiger partial charge in [-0.2, -0.15) is 0 Å². The number of allylic oxidation sites excluding steroid dienone is 1. The number of hydrogen-bond donors (Lipinski definition) is 0. The van der Waals surface area contributed by atoms with E-state index in [2.05, 4.69) is 6.58 Å². The summed E-state index contributed by atoms with van der Waals surface area (Å²) in [6, 6.07) is 5.78. The molecule has 1 rings (SSSR count). The third-order valence-electron chi connectivity index (χ3n) is 2.65. The van der Waals surface area contributed by atoms with E-state index >= 15 is 0 Å². The molecule has 19 heavy (non-hydrogen) atoms. The number of carbonyl (C=O) groups excluding carboxylic acids is 1. The topological polar surface area (TPSA) is 35.5 Å². The first-order chi connectivity index (χ1) is 9.12. The van der Waals surface area contributed by atoms with Crippen molar-refractivity contribution in [2.45, 2.75) is 33.1 Å². The van der Waals surface area contributed by atoms with E-state index in [9.17, 15) is 4.79 Å². The summed E-state index contributed by atoms with van der Waals surface area (Å²) in [4.78, 5) is 10.2. The minimum Gasteiger partial charge on any atom is -0.497 e. The Hall–Kier alpha value is -1.77. The Labute approximate surface area is 116 Å². The van der Waals surface area contributed by atoms with E-state index < -0.39 is 0 Å². The SMILES string of the molecule is C=CCc1ccc(OC)cc1OC.CCC(=O)CC. The predicted molar refractivity (Wildman–Crippen MR) is 79.0 cm³/mol. The van der Waals surface area contributed by atoms with Crippen LogP contribution < -0.4 is 9.47 Å². The van der Waals surface area contributed by atoms with Gasteiger partial charge in [-0.3, -0.25) is 4.79 Å². The van der Waals surface area contributed by atoms with Gasteiger partial charge in [-0.05, 0) is 18.1 Å². The molecule has 0 aliphatic carbocycles. The van der Waals surface area contributed by atoms with E-state index in [0.29, 0.717) is 18.6 Å². The first-order valence-corrected chi connectivity index (χ1v) is 6.46. The van der Waals surface area contributed by atoms with Gasteiger partial charge in [0.25, 0.3) is 0 Å². The second-order valence-corrected chi connectivity index (χ2v) is 3.92. The number of ketones is 1. The highest BCUT2D eigenvalue weighted by atomic mass is 16.5. The van der Waals surface area contributed by atoms with Crippen molar-refractivity contribution < 1.29 is 14.3 Å². The summed E-state index contributed by atoms with van der Waals surface area (Å²) in [7, 11) is 3.29. The van der Waals surface area contributed by atoms with Crippen molar-refractivity contribution in [3.63, 3.8) is 0 Å². The minimum absolute atomic E-state index is 0.343. The van der Waals surface area contributed by atoms with Gasteiger partial charge in [-0.15, -0.1) is 6.58 Å². The van der Waals surface area contributed by atoms with Crippen LogP contribution in [0.1, 0.15) is 32.3 Å². The van der Waals surface area contributed by atoms with Crippen LogP contribution in [-0.4, -0.2) is 20.0 Å². The number of carbonyl (C=O) groups is 1. The molecule has 0 aliphatic heterocycles. The number of hydrogen-bond acceptors (Lipinski definition) is 3. The summed E-state index contributed by atoms with van der Waals surface area (Å²) >= 11 is 0. The van der Waals surface area contributed by atoms with Gasteiger partial charge in [0.1, 0.15) is 17.3 Å². The summed E-state index contributed by atoms with van der Waals surface area (Å²) in [5.41, 5.74) is 1.12.